The van der Waals surface area contributed by atoms with Crippen LogP contribution in [0.3, 0.4) is 0 Å². The van der Waals surface area contributed by atoms with E-state index in [4.69, 9.17) is 0 Å². The first kappa shape index (κ1) is 12.4. The zero-order valence-electron chi connectivity index (χ0n) is 9.93. The SMILES string of the molecule is OC(Cc1nc(-c2ccccc2)cs1)c1cnns1. The van der Waals surface area contributed by atoms with Gasteiger partial charge in [-0.2, -0.15) is 0 Å². The fraction of sp³-hybridized carbons (Fsp3) is 0.154. The van der Waals surface area contributed by atoms with Crippen molar-refractivity contribution in [2.24, 2.45) is 0 Å². The Morgan fingerprint density at radius 3 is 2.79 bits per heavy atom. The maximum Gasteiger partial charge on any atom is 0.0977 e. The van der Waals surface area contributed by atoms with E-state index in [1.54, 1.807) is 17.5 Å². The van der Waals surface area contributed by atoms with Crippen molar-refractivity contribution >= 4 is 22.9 Å². The quantitative estimate of drug-likeness (QED) is 0.802. The van der Waals surface area contributed by atoms with Gasteiger partial charge in [0, 0.05) is 17.4 Å². The van der Waals surface area contributed by atoms with Gasteiger partial charge in [0.2, 0.25) is 0 Å². The average Bonchev–Trinajstić information content (AvgIpc) is 3.11. The summed E-state index contributed by atoms with van der Waals surface area (Å²) in [6.45, 7) is 0. The third kappa shape index (κ3) is 2.86. The predicted octanol–water partition coefficient (Wildman–Crippen LogP) is 2.94. The molecule has 1 atom stereocenters. The fourth-order valence-electron chi connectivity index (χ4n) is 1.73. The summed E-state index contributed by atoms with van der Waals surface area (Å²) in [5, 5.41) is 16.7. The molecule has 3 aromatic rings. The Morgan fingerprint density at radius 1 is 1.21 bits per heavy atom. The second-order valence-corrected chi connectivity index (χ2v) is 5.79. The molecule has 19 heavy (non-hydrogen) atoms. The van der Waals surface area contributed by atoms with Gasteiger partial charge >= 0.3 is 0 Å². The summed E-state index contributed by atoms with van der Waals surface area (Å²) in [5.74, 6) is 0. The fourth-order valence-corrected chi connectivity index (χ4v) is 3.06. The minimum Gasteiger partial charge on any atom is -0.387 e. The van der Waals surface area contributed by atoms with Crippen molar-refractivity contribution < 1.29 is 5.11 Å². The number of benzene rings is 1. The molecule has 0 bridgehead atoms. The van der Waals surface area contributed by atoms with Crippen LogP contribution in [0.1, 0.15) is 16.0 Å². The van der Waals surface area contributed by atoms with Crippen LogP contribution >= 0.6 is 22.9 Å². The normalized spacial score (nSPS) is 12.5. The lowest BCUT2D eigenvalue weighted by molar-refractivity contribution is 0.182. The Bertz CT molecular complexity index is 637. The standard InChI is InChI=1S/C13H11N3OS2/c17-11(12-7-14-16-19-12)6-13-15-10(8-18-13)9-4-2-1-3-5-9/h1-5,7-8,11,17H,6H2. The van der Waals surface area contributed by atoms with Crippen molar-refractivity contribution in [3.05, 3.63) is 51.8 Å². The van der Waals surface area contributed by atoms with Crippen LogP contribution in [-0.4, -0.2) is 19.7 Å². The van der Waals surface area contributed by atoms with Crippen LogP contribution in [0.15, 0.2) is 41.9 Å². The monoisotopic (exact) mass is 289 g/mol. The van der Waals surface area contributed by atoms with Gasteiger partial charge in [-0.05, 0) is 11.5 Å². The molecule has 0 fully saturated rings. The number of aliphatic hydroxyl groups excluding tert-OH is 1. The lowest BCUT2D eigenvalue weighted by Gasteiger charge is -2.03. The van der Waals surface area contributed by atoms with Crippen molar-refractivity contribution in [3.63, 3.8) is 0 Å². The first-order valence-electron chi connectivity index (χ1n) is 5.78. The Kier molecular flexibility index (Phi) is 3.63. The molecule has 1 N–H and O–H groups in total. The van der Waals surface area contributed by atoms with Crippen LogP contribution in [-0.2, 0) is 6.42 Å². The lowest BCUT2D eigenvalue weighted by Crippen LogP contribution is -1.99. The van der Waals surface area contributed by atoms with Gasteiger partial charge in [-0.1, -0.05) is 34.8 Å². The predicted molar refractivity (Wildman–Crippen MR) is 76.1 cm³/mol. The summed E-state index contributed by atoms with van der Waals surface area (Å²) in [6.07, 6.45) is 1.53. The first-order chi connectivity index (χ1) is 9.33. The molecule has 0 saturated carbocycles. The molecule has 0 saturated heterocycles. The molecule has 2 heterocycles. The van der Waals surface area contributed by atoms with Crippen molar-refractivity contribution in [1.29, 1.82) is 0 Å². The summed E-state index contributed by atoms with van der Waals surface area (Å²) in [6, 6.07) is 10.0. The molecule has 4 nitrogen and oxygen atoms in total. The van der Waals surface area contributed by atoms with E-state index in [1.807, 2.05) is 35.7 Å². The molecule has 3 rings (SSSR count). The van der Waals surface area contributed by atoms with E-state index in [9.17, 15) is 5.11 Å². The highest BCUT2D eigenvalue weighted by molar-refractivity contribution is 7.10. The molecule has 0 radical (unpaired) electrons. The van der Waals surface area contributed by atoms with Crippen molar-refractivity contribution in [2.75, 3.05) is 0 Å². The first-order valence-corrected chi connectivity index (χ1v) is 7.43. The molecule has 1 aromatic carbocycles. The second kappa shape index (κ2) is 5.56. The van der Waals surface area contributed by atoms with Crippen LogP contribution in [0.4, 0.5) is 0 Å². The Labute approximate surface area is 118 Å². The molecule has 0 aliphatic heterocycles. The summed E-state index contributed by atoms with van der Waals surface area (Å²) >= 11 is 2.78. The van der Waals surface area contributed by atoms with Crippen molar-refractivity contribution in [1.82, 2.24) is 14.6 Å². The number of aromatic nitrogens is 3. The van der Waals surface area contributed by atoms with E-state index >= 15 is 0 Å². The van der Waals surface area contributed by atoms with E-state index in [0.717, 1.165) is 21.1 Å². The number of rotatable bonds is 4. The Morgan fingerprint density at radius 2 is 2.05 bits per heavy atom. The van der Waals surface area contributed by atoms with Crippen LogP contribution in [0.2, 0.25) is 0 Å². The van der Waals surface area contributed by atoms with Gasteiger partial charge in [0.1, 0.15) is 0 Å². The highest BCUT2D eigenvalue weighted by Gasteiger charge is 2.14. The van der Waals surface area contributed by atoms with E-state index in [-0.39, 0.29) is 0 Å². The van der Waals surface area contributed by atoms with E-state index in [0.29, 0.717) is 6.42 Å². The van der Waals surface area contributed by atoms with Crippen molar-refractivity contribution in [3.8, 4) is 11.3 Å². The largest absolute Gasteiger partial charge is 0.387 e. The molecule has 0 amide bonds. The van der Waals surface area contributed by atoms with E-state index in [1.165, 1.54) is 11.5 Å². The molecule has 96 valence electrons. The maximum absolute atomic E-state index is 10.0. The molecule has 0 aliphatic rings. The summed E-state index contributed by atoms with van der Waals surface area (Å²) in [7, 11) is 0. The molecule has 1 unspecified atom stereocenters. The number of aliphatic hydroxyl groups is 1. The number of nitrogens with zero attached hydrogens (tertiary/aromatic N) is 3. The van der Waals surface area contributed by atoms with Gasteiger partial charge in [-0.3, -0.25) is 0 Å². The van der Waals surface area contributed by atoms with E-state index < -0.39 is 6.10 Å². The highest BCUT2D eigenvalue weighted by atomic mass is 32.1. The van der Waals surface area contributed by atoms with Crippen LogP contribution < -0.4 is 0 Å². The summed E-state index contributed by atoms with van der Waals surface area (Å²) < 4.78 is 3.75. The van der Waals surface area contributed by atoms with E-state index in [2.05, 4.69) is 14.6 Å². The molecule has 0 aliphatic carbocycles. The van der Waals surface area contributed by atoms with Crippen LogP contribution in [0.25, 0.3) is 11.3 Å². The average molecular weight is 289 g/mol. The highest BCUT2D eigenvalue weighted by Crippen LogP contribution is 2.26. The van der Waals surface area contributed by atoms with Gasteiger partial charge in [0.15, 0.2) is 0 Å². The number of hydrogen-bond acceptors (Lipinski definition) is 6. The van der Waals surface area contributed by atoms with Gasteiger partial charge in [-0.15, -0.1) is 16.4 Å². The zero-order chi connectivity index (χ0) is 13.1. The maximum atomic E-state index is 10.0. The smallest absolute Gasteiger partial charge is 0.0977 e. The van der Waals surface area contributed by atoms with Gasteiger partial charge in [0.05, 0.1) is 27.9 Å². The molecular formula is C13H11N3OS2. The lowest BCUT2D eigenvalue weighted by atomic mass is 10.2. The zero-order valence-corrected chi connectivity index (χ0v) is 11.6. The molecule has 0 spiro atoms. The number of hydrogen-bond donors (Lipinski definition) is 1. The van der Waals surface area contributed by atoms with Gasteiger partial charge in [-0.25, -0.2) is 4.98 Å². The molecule has 6 heteroatoms. The van der Waals surface area contributed by atoms with Crippen LogP contribution in [0, 0.1) is 0 Å². The summed E-state index contributed by atoms with van der Waals surface area (Å²) in [4.78, 5) is 5.33. The molecular weight excluding hydrogens is 278 g/mol. The third-order valence-corrected chi connectivity index (χ3v) is 4.33. The molecule has 2 aromatic heterocycles. The van der Waals surface area contributed by atoms with Crippen LogP contribution in [0.5, 0.6) is 0 Å². The summed E-state index contributed by atoms with van der Waals surface area (Å²) in [5.41, 5.74) is 2.05. The topological polar surface area (TPSA) is 58.9 Å². The Hall–Kier alpha value is -1.63. The van der Waals surface area contributed by atoms with Gasteiger partial charge < -0.3 is 5.11 Å². The third-order valence-electron chi connectivity index (χ3n) is 2.70. The van der Waals surface area contributed by atoms with Gasteiger partial charge in [0.25, 0.3) is 0 Å². The number of thiazole rings is 1. The van der Waals surface area contributed by atoms with Crippen molar-refractivity contribution in [2.45, 2.75) is 12.5 Å². The second-order valence-electron chi connectivity index (χ2n) is 4.03. The minimum atomic E-state index is -0.574. The minimum absolute atomic E-state index is 0.501. The Balaban J connectivity index is 1.75.